The Morgan fingerprint density at radius 2 is 1.91 bits per heavy atom. The fourth-order valence-corrected chi connectivity index (χ4v) is 2.83. The normalized spacial score (nSPS) is 16.7. The maximum atomic E-state index is 12.4. The third kappa shape index (κ3) is 4.18. The lowest BCUT2D eigenvalue weighted by Crippen LogP contribution is -2.56. The molecule has 0 spiro atoms. The Bertz CT molecular complexity index is 571. The van der Waals surface area contributed by atoms with Crippen LogP contribution in [0, 0.1) is 0 Å². The molecule has 2 rings (SSSR count). The SMILES string of the molecule is COC(=O)C1(NC(=O)c2cccc(OC(F)F)c2)CCCCC1. The highest BCUT2D eigenvalue weighted by atomic mass is 19.3. The molecule has 1 aromatic carbocycles. The first-order chi connectivity index (χ1) is 11.0. The van der Waals surface area contributed by atoms with Gasteiger partial charge >= 0.3 is 12.6 Å². The van der Waals surface area contributed by atoms with E-state index in [-0.39, 0.29) is 11.3 Å². The lowest BCUT2D eigenvalue weighted by Gasteiger charge is -2.35. The summed E-state index contributed by atoms with van der Waals surface area (Å²) in [6, 6.07) is 5.47. The first-order valence-electron chi connectivity index (χ1n) is 7.43. The van der Waals surface area contributed by atoms with Gasteiger partial charge in [-0.25, -0.2) is 4.79 Å². The van der Waals surface area contributed by atoms with Gasteiger partial charge in [0.05, 0.1) is 7.11 Å². The first kappa shape index (κ1) is 17.2. The Morgan fingerprint density at radius 1 is 1.22 bits per heavy atom. The number of esters is 1. The van der Waals surface area contributed by atoms with Gasteiger partial charge in [-0.1, -0.05) is 25.3 Å². The molecule has 0 saturated heterocycles. The second-order valence-electron chi connectivity index (χ2n) is 5.49. The smallest absolute Gasteiger partial charge is 0.387 e. The van der Waals surface area contributed by atoms with Gasteiger partial charge in [-0.05, 0) is 31.0 Å². The Morgan fingerprint density at radius 3 is 2.52 bits per heavy atom. The number of benzene rings is 1. The van der Waals surface area contributed by atoms with E-state index < -0.39 is 24.0 Å². The molecule has 5 nitrogen and oxygen atoms in total. The minimum Gasteiger partial charge on any atom is -0.467 e. The van der Waals surface area contributed by atoms with Crippen LogP contribution in [-0.2, 0) is 9.53 Å². The van der Waals surface area contributed by atoms with Crippen LogP contribution < -0.4 is 10.1 Å². The molecule has 0 aliphatic heterocycles. The molecule has 0 atom stereocenters. The van der Waals surface area contributed by atoms with Crippen LogP contribution in [0.5, 0.6) is 5.75 Å². The van der Waals surface area contributed by atoms with E-state index in [4.69, 9.17) is 4.74 Å². The van der Waals surface area contributed by atoms with Crippen molar-refractivity contribution in [3.8, 4) is 5.75 Å². The quantitative estimate of drug-likeness (QED) is 0.845. The van der Waals surface area contributed by atoms with Crippen LogP contribution in [-0.4, -0.2) is 31.1 Å². The Balaban J connectivity index is 2.17. The molecule has 0 radical (unpaired) electrons. The number of amides is 1. The van der Waals surface area contributed by atoms with Crippen molar-refractivity contribution in [2.75, 3.05) is 7.11 Å². The number of ether oxygens (including phenoxy) is 2. The number of hydrogen-bond acceptors (Lipinski definition) is 4. The molecule has 1 aliphatic carbocycles. The summed E-state index contributed by atoms with van der Waals surface area (Å²) < 4.78 is 33.6. The molecule has 0 aromatic heterocycles. The summed E-state index contributed by atoms with van der Waals surface area (Å²) in [4.78, 5) is 24.5. The van der Waals surface area contributed by atoms with Crippen LogP contribution in [0.3, 0.4) is 0 Å². The van der Waals surface area contributed by atoms with Gasteiger partial charge in [-0.2, -0.15) is 8.78 Å². The van der Waals surface area contributed by atoms with Crippen molar-refractivity contribution in [3.63, 3.8) is 0 Å². The molecule has 1 N–H and O–H groups in total. The van der Waals surface area contributed by atoms with Crippen molar-refractivity contribution < 1.29 is 27.8 Å². The summed E-state index contributed by atoms with van der Waals surface area (Å²) in [5, 5.41) is 2.72. The monoisotopic (exact) mass is 327 g/mol. The molecular weight excluding hydrogens is 308 g/mol. The summed E-state index contributed by atoms with van der Waals surface area (Å²) in [5.41, 5.74) is -0.902. The van der Waals surface area contributed by atoms with E-state index in [1.807, 2.05) is 0 Å². The zero-order chi connectivity index (χ0) is 16.9. The first-order valence-corrected chi connectivity index (χ1v) is 7.43. The van der Waals surface area contributed by atoms with Crippen LogP contribution in [0.25, 0.3) is 0 Å². The number of carbonyl (C=O) groups is 2. The van der Waals surface area contributed by atoms with Crippen LogP contribution in [0.15, 0.2) is 24.3 Å². The van der Waals surface area contributed by atoms with Crippen molar-refractivity contribution in [1.29, 1.82) is 0 Å². The lowest BCUT2D eigenvalue weighted by molar-refractivity contribution is -0.149. The van der Waals surface area contributed by atoms with Crippen LogP contribution in [0.1, 0.15) is 42.5 Å². The van der Waals surface area contributed by atoms with E-state index in [0.29, 0.717) is 12.8 Å². The van der Waals surface area contributed by atoms with Crippen molar-refractivity contribution in [3.05, 3.63) is 29.8 Å². The van der Waals surface area contributed by atoms with Gasteiger partial charge in [0.15, 0.2) is 0 Å². The molecule has 1 saturated carbocycles. The second-order valence-corrected chi connectivity index (χ2v) is 5.49. The second kappa shape index (κ2) is 7.39. The van der Waals surface area contributed by atoms with Crippen LogP contribution in [0.2, 0.25) is 0 Å². The highest BCUT2D eigenvalue weighted by Crippen LogP contribution is 2.30. The van der Waals surface area contributed by atoms with Gasteiger partial charge in [0.1, 0.15) is 11.3 Å². The van der Waals surface area contributed by atoms with Crippen LogP contribution in [0.4, 0.5) is 8.78 Å². The third-order valence-corrected chi connectivity index (χ3v) is 3.96. The van der Waals surface area contributed by atoms with Crippen molar-refractivity contribution in [1.82, 2.24) is 5.32 Å². The maximum Gasteiger partial charge on any atom is 0.387 e. The third-order valence-electron chi connectivity index (χ3n) is 3.96. The number of alkyl halides is 2. The standard InChI is InChI=1S/C16H19F2NO4/c1-22-14(21)16(8-3-2-4-9-16)19-13(20)11-6-5-7-12(10-11)23-15(17)18/h5-7,10,15H,2-4,8-9H2,1H3,(H,19,20). The summed E-state index contributed by atoms with van der Waals surface area (Å²) >= 11 is 0. The highest BCUT2D eigenvalue weighted by Gasteiger charge is 2.42. The van der Waals surface area contributed by atoms with Crippen molar-refractivity contribution in [2.24, 2.45) is 0 Å². The van der Waals surface area contributed by atoms with Crippen molar-refractivity contribution in [2.45, 2.75) is 44.3 Å². The summed E-state index contributed by atoms with van der Waals surface area (Å²) in [6.07, 6.45) is 3.61. The van der Waals surface area contributed by atoms with E-state index in [1.165, 1.54) is 31.4 Å². The van der Waals surface area contributed by atoms with Gasteiger partial charge < -0.3 is 14.8 Å². The van der Waals surface area contributed by atoms with Gasteiger partial charge in [-0.3, -0.25) is 4.79 Å². The molecule has 7 heteroatoms. The molecule has 0 unspecified atom stereocenters. The van der Waals surface area contributed by atoms with E-state index in [0.717, 1.165) is 19.3 Å². The van der Waals surface area contributed by atoms with Gasteiger partial charge in [-0.15, -0.1) is 0 Å². The molecule has 0 heterocycles. The van der Waals surface area contributed by atoms with E-state index in [9.17, 15) is 18.4 Å². The van der Waals surface area contributed by atoms with Gasteiger partial charge in [0.25, 0.3) is 5.91 Å². The molecule has 1 aliphatic rings. The summed E-state index contributed by atoms with van der Waals surface area (Å²) in [6.45, 7) is -2.96. The molecule has 1 aromatic rings. The number of hydrogen-bond donors (Lipinski definition) is 1. The van der Waals surface area contributed by atoms with Crippen LogP contribution >= 0.6 is 0 Å². The Hall–Kier alpha value is -2.18. The molecular formula is C16H19F2NO4. The molecule has 1 fully saturated rings. The molecule has 1 amide bonds. The average Bonchev–Trinajstić information content (AvgIpc) is 2.54. The largest absolute Gasteiger partial charge is 0.467 e. The number of halogens is 2. The Kier molecular flexibility index (Phi) is 5.52. The predicted molar refractivity (Wildman–Crippen MR) is 78.4 cm³/mol. The maximum absolute atomic E-state index is 12.4. The average molecular weight is 327 g/mol. The highest BCUT2D eigenvalue weighted by molar-refractivity contribution is 5.98. The predicted octanol–water partition coefficient (Wildman–Crippen LogP) is 2.89. The summed E-state index contributed by atoms with van der Waals surface area (Å²) in [5.74, 6) is -1.11. The zero-order valence-electron chi connectivity index (χ0n) is 12.8. The van der Waals surface area contributed by atoms with Crippen molar-refractivity contribution >= 4 is 11.9 Å². The van der Waals surface area contributed by atoms with E-state index in [1.54, 1.807) is 0 Å². The van der Waals surface area contributed by atoms with Gasteiger partial charge in [0.2, 0.25) is 0 Å². The number of methoxy groups -OCH3 is 1. The van der Waals surface area contributed by atoms with E-state index >= 15 is 0 Å². The molecule has 126 valence electrons. The molecule has 0 bridgehead atoms. The fraction of sp³-hybridized carbons (Fsp3) is 0.500. The summed E-state index contributed by atoms with van der Waals surface area (Å²) in [7, 11) is 1.28. The van der Waals surface area contributed by atoms with Gasteiger partial charge in [0, 0.05) is 5.56 Å². The Labute approximate surface area is 133 Å². The minimum absolute atomic E-state index is 0.108. The molecule has 23 heavy (non-hydrogen) atoms. The lowest BCUT2D eigenvalue weighted by atomic mass is 9.81. The number of rotatable bonds is 5. The fourth-order valence-electron chi connectivity index (χ4n) is 2.83. The minimum atomic E-state index is -2.96. The number of nitrogens with one attached hydrogen (secondary N) is 1. The number of carbonyl (C=O) groups excluding carboxylic acids is 2. The van der Waals surface area contributed by atoms with E-state index in [2.05, 4.69) is 10.1 Å². The zero-order valence-corrected chi connectivity index (χ0v) is 12.8. The topological polar surface area (TPSA) is 64.6 Å².